The fourth-order valence-electron chi connectivity index (χ4n) is 5.78. The number of benzene rings is 2. The molecule has 0 radical (unpaired) electrons. The maximum atomic E-state index is 11.4. The Hall–Kier alpha value is -2.89. The number of hydrogen-bond donors (Lipinski definition) is 2. The number of carbonyl (C=O) groups is 1. The molecule has 5 rings (SSSR count). The van der Waals surface area contributed by atoms with Gasteiger partial charge in [0.1, 0.15) is 0 Å². The van der Waals surface area contributed by atoms with Gasteiger partial charge in [0.2, 0.25) is 0 Å². The van der Waals surface area contributed by atoms with Crippen molar-refractivity contribution in [1.82, 2.24) is 0 Å². The Morgan fingerprint density at radius 1 is 1.15 bits per heavy atom. The highest BCUT2D eigenvalue weighted by molar-refractivity contribution is 5.88. The molecule has 2 fully saturated rings. The molecule has 138 valence electrons. The van der Waals surface area contributed by atoms with Crippen LogP contribution in [-0.2, 0) is 0 Å². The number of aromatic carboxylic acids is 1. The lowest BCUT2D eigenvalue weighted by Crippen LogP contribution is -2.35. The van der Waals surface area contributed by atoms with Crippen molar-refractivity contribution in [2.24, 2.45) is 17.8 Å². The second-order valence-corrected chi connectivity index (χ2v) is 8.02. The summed E-state index contributed by atoms with van der Waals surface area (Å²) in [6, 6.07) is 12.2. The Morgan fingerprint density at radius 3 is 2.74 bits per heavy atom. The van der Waals surface area contributed by atoms with Crippen molar-refractivity contribution in [3.05, 3.63) is 69.3 Å². The molecule has 2 aromatic carbocycles. The molecule has 1 aliphatic heterocycles. The van der Waals surface area contributed by atoms with Crippen LogP contribution in [0.15, 0.2) is 42.5 Å². The van der Waals surface area contributed by atoms with E-state index in [1.807, 2.05) is 18.2 Å². The van der Waals surface area contributed by atoms with Crippen molar-refractivity contribution in [2.45, 2.75) is 31.2 Å². The van der Waals surface area contributed by atoms with Crippen molar-refractivity contribution in [2.75, 3.05) is 5.32 Å². The van der Waals surface area contributed by atoms with Crippen LogP contribution in [-0.4, -0.2) is 16.0 Å². The van der Waals surface area contributed by atoms with Crippen molar-refractivity contribution in [3.8, 4) is 0 Å². The summed E-state index contributed by atoms with van der Waals surface area (Å²) in [5.41, 5.74) is 3.45. The quantitative estimate of drug-likeness (QED) is 0.614. The Kier molecular flexibility index (Phi) is 3.50. The number of hydrogen-bond acceptors (Lipinski definition) is 4. The van der Waals surface area contributed by atoms with Crippen LogP contribution in [0.3, 0.4) is 0 Å². The number of nitro benzene ring substituents is 1. The van der Waals surface area contributed by atoms with Crippen LogP contribution < -0.4 is 5.32 Å². The topological polar surface area (TPSA) is 92.5 Å². The molecule has 5 unspecified atom stereocenters. The average Bonchev–Trinajstić information content (AvgIpc) is 3.29. The molecule has 0 spiro atoms. The summed E-state index contributed by atoms with van der Waals surface area (Å²) in [5.74, 6) is 0.925. The van der Waals surface area contributed by atoms with E-state index in [9.17, 15) is 20.0 Å². The molecule has 3 aliphatic rings. The largest absolute Gasteiger partial charge is 0.478 e. The number of nitro groups is 1. The molecule has 0 aromatic heterocycles. The molecular formula is C21H20N2O4. The lowest BCUT2D eigenvalue weighted by atomic mass is 9.68. The SMILES string of the molecule is O=C(O)c1ccc2c(c1)C1C3CCC(C3)C1C(c1cccc([N+](=O)[O-])c1)N2. The summed E-state index contributed by atoms with van der Waals surface area (Å²) in [4.78, 5) is 22.3. The number of nitrogens with zero attached hydrogens (tertiary/aromatic N) is 1. The summed E-state index contributed by atoms with van der Waals surface area (Å²) in [6.07, 6.45) is 3.54. The van der Waals surface area contributed by atoms with Gasteiger partial charge >= 0.3 is 5.97 Å². The minimum Gasteiger partial charge on any atom is -0.478 e. The maximum absolute atomic E-state index is 11.4. The van der Waals surface area contributed by atoms with Gasteiger partial charge < -0.3 is 10.4 Å². The summed E-state index contributed by atoms with van der Waals surface area (Å²) >= 11 is 0. The van der Waals surface area contributed by atoms with E-state index in [1.165, 1.54) is 25.3 Å². The summed E-state index contributed by atoms with van der Waals surface area (Å²) in [5, 5.41) is 24.2. The molecule has 5 atom stereocenters. The van der Waals surface area contributed by atoms with Gasteiger partial charge in [-0.3, -0.25) is 10.1 Å². The predicted octanol–water partition coefficient (Wildman–Crippen LogP) is 4.59. The van der Waals surface area contributed by atoms with Crippen LogP contribution in [0.5, 0.6) is 0 Å². The Morgan fingerprint density at radius 2 is 1.96 bits per heavy atom. The zero-order valence-electron chi connectivity index (χ0n) is 14.7. The van der Waals surface area contributed by atoms with Crippen molar-refractivity contribution in [3.63, 3.8) is 0 Å². The van der Waals surface area contributed by atoms with Crippen LogP contribution in [0.4, 0.5) is 11.4 Å². The van der Waals surface area contributed by atoms with Gasteiger partial charge in [-0.05, 0) is 72.3 Å². The van der Waals surface area contributed by atoms with E-state index in [2.05, 4.69) is 5.32 Å². The molecule has 2 aliphatic carbocycles. The second kappa shape index (κ2) is 5.81. The van der Waals surface area contributed by atoms with Gasteiger partial charge in [0.05, 0.1) is 16.5 Å². The average molecular weight is 364 g/mol. The first-order valence-corrected chi connectivity index (χ1v) is 9.41. The number of carboxylic acid groups (broad SMARTS) is 1. The third-order valence-corrected chi connectivity index (χ3v) is 6.77. The molecular weight excluding hydrogens is 344 g/mol. The van der Waals surface area contributed by atoms with Gasteiger partial charge in [-0.1, -0.05) is 12.1 Å². The minimum atomic E-state index is -0.904. The van der Waals surface area contributed by atoms with E-state index in [-0.39, 0.29) is 16.7 Å². The maximum Gasteiger partial charge on any atom is 0.335 e. The molecule has 6 nitrogen and oxygen atoms in total. The molecule has 0 saturated heterocycles. The number of nitrogens with one attached hydrogen (secondary N) is 1. The molecule has 1 heterocycles. The molecule has 0 amide bonds. The number of fused-ring (bicyclic) bond motifs is 7. The number of rotatable bonds is 3. The Bertz CT molecular complexity index is 957. The highest BCUT2D eigenvalue weighted by Gasteiger charge is 2.53. The summed E-state index contributed by atoms with van der Waals surface area (Å²) < 4.78 is 0. The molecule has 27 heavy (non-hydrogen) atoms. The fraction of sp³-hybridized carbons (Fsp3) is 0.381. The monoisotopic (exact) mass is 364 g/mol. The van der Waals surface area contributed by atoms with Crippen LogP contribution in [0, 0.1) is 27.9 Å². The van der Waals surface area contributed by atoms with E-state index in [1.54, 1.807) is 18.2 Å². The van der Waals surface area contributed by atoms with Crippen LogP contribution >= 0.6 is 0 Å². The van der Waals surface area contributed by atoms with Crippen LogP contribution in [0.2, 0.25) is 0 Å². The molecule has 2 bridgehead atoms. The normalized spacial score (nSPS) is 30.3. The zero-order chi connectivity index (χ0) is 18.7. The van der Waals surface area contributed by atoms with Gasteiger partial charge in [0, 0.05) is 17.8 Å². The van der Waals surface area contributed by atoms with E-state index >= 15 is 0 Å². The summed E-state index contributed by atoms with van der Waals surface area (Å²) in [6.45, 7) is 0. The van der Waals surface area contributed by atoms with Gasteiger partial charge in [-0.2, -0.15) is 0 Å². The number of non-ortho nitro benzene ring substituents is 1. The van der Waals surface area contributed by atoms with Gasteiger partial charge in [0.25, 0.3) is 5.69 Å². The number of anilines is 1. The molecule has 2 aromatic rings. The van der Waals surface area contributed by atoms with E-state index in [0.29, 0.717) is 29.2 Å². The highest BCUT2D eigenvalue weighted by atomic mass is 16.6. The van der Waals surface area contributed by atoms with E-state index in [4.69, 9.17) is 0 Å². The molecule has 2 N–H and O–H groups in total. The van der Waals surface area contributed by atoms with Crippen LogP contribution in [0.1, 0.15) is 52.7 Å². The lowest BCUT2D eigenvalue weighted by Gasteiger charge is -2.43. The van der Waals surface area contributed by atoms with Gasteiger partial charge in [-0.15, -0.1) is 0 Å². The third kappa shape index (κ3) is 2.43. The minimum absolute atomic E-state index is 0.0216. The molecule has 6 heteroatoms. The van der Waals surface area contributed by atoms with Gasteiger partial charge in [-0.25, -0.2) is 4.79 Å². The van der Waals surface area contributed by atoms with E-state index < -0.39 is 5.97 Å². The standard InChI is InChI=1S/C21H20N2O4/c24-21(25)14-6-7-17-16(10-14)18-11-4-5-12(8-11)19(18)20(22-17)13-2-1-3-15(9-13)23(26)27/h1-3,6-7,9-12,18-20,22H,4-5,8H2,(H,24,25). The first-order chi connectivity index (χ1) is 13.0. The fourth-order valence-corrected chi connectivity index (χ4v) is 5.78. The molecule has 2 saturated carbocycles. The van der Waals surface area contributed by atoms with E-state index in [0.717, 1.165) is 16.8 Å². The van der Waals surface area contributed by atoms with Crippen LogP contribution in [0.25, 0.3) is 0 Å². The first kappa shape index (κ1) is 16.3. The van der Waals surface area contributed by atoms with Crippen molar-refractivity contribution >= 4 is 17.3 Å². The summed E-state index contributed by atoms with van der Waals surface area (Å²) in [7, 11) is 0. The van der Waals surface area contributed by atoms with Gasteiger partial charge in [0.15, 0.2) is 0 Å². The van der Waals surface area contributed by atoms with Crippen molar-refractivity contribution < 1.29 is 14.8 Å². The first-order valence-electron chi connectivity index (χ1n) is 9.41. The number of carboxylic acids is 1. The second-order valence-electron chi connectivity index (χ2n) is 8.02. The third-order valence-electron chi connectivity index (χ3n) is 6.77. The lowest BCUT2D eigenvalue weighted by molar-refractivity contribution is -0.384. The predicted molar refractivity (Wildman–Crippen MR) is 99.9 cm³/mol. The Labute approximate surface area is 156 Å². The highest BCUT2D eigenvalue weighted by Crippen LogP contribution is 2.63. The van der Waals surface area contributed by atoms with Crippen molar-refractivity contribution in [1.29, 1.82) is 0 Å². The Balaban J connectivity index is 1.62. The smallest absolute Gasteiger partial charge is 0.335 e. The zero-order valence-corrected chi connectivity index (χ0v) is 14.7.